The molecule has 2 aromatic carbocycles. The number of aromatic nitrogens is 2. The van der Waals surface area contributed by atoms with E-state index in [1.54, 1.807) is 61.3 Å². The summed E-state index contributed by atoms with van der Waals surface area (Å²) in [5.74, 6) is 1.07. The lowest BCUT2D eigenvalue weighted by Crippen LogP contribution is -2.40. The molecule has 226 valence electrons. The maximum Gasteiger partial charge on any atom is 0.338 e. The van der Waals surface area contributed by atoms with Crippen LogP contribution in [0.2, 0.25) is 0 Å². The largest absolute Gasteiger partial charge is 0.497 e. The van der Waals surface area contributed by atoms with Gasteiger partial charge in [0.1, 0.15) is 23.3 Å². The lowest BCUT2D eigenvalue weighted by molar-refractivity contribution is -0.139. The van der Waals surface area contributed by atoms with Crippen LogP contribution in [0.3, 0.4) is 0 Å². The smallest absolute Gasteiger partial charge is 0.338 e. The Morgan fingerprint density at radius 3 is 2.68 bits per heavy atom. The van der Waals surface area contributed by atoms with E-state index in [2.05, 4.69) is 4.98 Å². The molecule has 1 aliphatic rings. The summed E-state index contributed by atoms with van der Waals surface area (Å²) in [6.07, 6.45) is 2.99. The van der Waals surface area contributed by atoms with Crippen molar-refractivity contribution in [2.45, 2.75) is 42.2 Å². The number of benzene rings is 2. The second-order valence-corrected chi connectivity index (χ2v) is 13.0. The molecule has 0 spiro atoms. The van der Waals surface area contributed by atoms with Gasteiger partial charge in [-0.3, -0.25) is 9.36 Å². The molecule has 9 nitrogen and oxygen atoms in total. The Hall–Kier alpha value is -4.13. The van der Waals surface area contributed by atoms with Crippen molar-refractivity contribution in [1.29, 1.82) is 0 Å². The van der Waals surface area contributed by atoms with Gasteiger partial charge in [-0.15, -0.1) is 11.3 Å². The summed E-state index contributed by atoms with van der Waals surface area (Å²) in [6.45, 7) is 3.95. The first kappa shape index (κ1) is 29.9. The quantitative estimate of drug-likeness (QED) is 0.171. The topological polar surface area (TPSA) is 105 Å². The van der Waals surface area contributed by atoms with Crippen LogP contribution >= 0.6 is 34.4 Å². The molecular formula is C32H29N3O6S3. The Balaban J connectivity index is 1.46. The van der Waals surface area contributed by atoms with E-state index in [4.69, 9.17) is 23.6 Å². The van der Waals surface area contributed by atoms with Gasteiger partial charge in [-0.2, -0.15) is 0 Å². The Morgan fingerprint density at radius 1 is 1.09 bits per heavy atom. The molecule has 5 aromatic rings. The fraction of sp³-hybridized carbons (Fsp3) is 0.250. The Morgan fingerprint density at radius 2 is 1.93 bits per heavy atom. The highest BCUT2D eigenvalue weighted by Gasteiger charge is 2.36. The number of fused-ring (bicyclic) bond motifs is 2. The molecule has 0 bridgehead atoms. The van der Waals surface area contributed by atoms with E-state index in [0.717, 1.165) is 21.0 Å². The van der Waals surface area contributed by atoms with Crippen molar-refractivity contribution in [2.75, 3.05) is 20.8 Å². The lowest BCUT2D eigenvalue weighted by atomic mass is 9.93. The molecule has 0 N–H and O–H groups in total. The van der Waals surface area contributed by atoms with Crippen LogP contribution in [-0.2, 0) is 9.53 Å². The van der Waals surface area contributed by atoms with Crippen molar-refractivity contribution in [3.63, 3.8) is 0 Å². The van der Waals surface area contributed by atoms with E-state index in [1.807, 2.05) is 43.3 Å². The first-order valence-electron chi connectivity index (χ1n) is 14.0. The molecule has 0 aliphatic carbocycles. The SMILES string of the molecule is CCCC1=C(C(=O)OCC)[C@H](c2cc(OC)ccc2OC)n2c(s/c(=C/c3ccc(Sc4nc5ccccc5s4)o3)c2=O)=N1. The summed E-state index contributed by atoms with van der Waals surface area (Å²) in [5, 5.41) is 0.664. The summed E-state index contributed by atoms with van der Waals surface area (Å²) in [5.41, 5.74) is 2.13. The van der Waals surface area contributed by atoms with Gasteiger partial charge in [0.05, 0.1) is 46.8 Å². The van der Waals surface area contributed by atoms with Crippen molar-refractivity contribution in [3.8, 4) is 11.5 Å². The number of ether oxygens (including phenoxy) is 3. The molecule has 0 unspecified atom stereocenters. The number of carbonyl (C=O) groups is 1. The molecule has 6 rings (SSSR count). The highest BCUT2D eigenvalue weighted by atomic mass is 32.2. The molecule has 3 aromatic heterocycles. The number of allylic oxidation sites excluding steroid dienone is 1. The highest BCUT2D eigenvalue weighted by molar-refractivity contribution is 8.01. The Labute approximate surface area is 265 Å². The van der Waals surface area contributed by atoms with Gasteiger partial charge in [0.2, 0.25) is 0 Å². The van der Waals surface area contributed by atoms with Crippen LogP contribution in [0.25, 0.3) is 16.3 Å². The number of methoxy groups -OCH3 is 2. The highest BCUT2D eigenvalue weighted by Crippen LogP contribution is 2.39. The minimum Gasteiger partial charge on any atom is -0.497 e. The number of nitrogens with zero attached hydrogens (tertiary/aromatic N) is 3. The van der Waals surface area contributed by atoms with E-state index in [9.17, 15) is 9.59 Å². The number of rotatable bonds is 10. The number of carbonyl (C=O) groups excluding carboxylic acids is 1. The van der Waals surface area contributed by atoms with Crippen LogP contribution < -0.4 is 24.4 Å². The van der Waals surface area contributed by atoms with E-state index < -0.39 is 12.0 Å². The van der Waals surface area contributed by atoms with Crippen LogP contribution in [0, 0.1) is 0 Å². The second kappa shape index (κ2) is 12.8. The minimum atomic E-state index is -0.833. The molecule has 1 atom stereocenters. The van der Waals surface area contributed by atoms with Gasteiger partial charge in [-0.05, 0) is 67.6 Å². The summed E-state index contributed by atoms with van der Waals surface area (Å²) >= 11 is 4.27. The maximum atomic E-state index is 14.1. The zero-order valence-electron chi connectivity index (χ0n) is 24.5. The van der Waals surface area contributed by atoms with Gasteiger partial charge in [0.15, 0.2) is 14.2 Å². The van der Waals surface area contributed by atoms with Crippen LogP contribution in [0.5, 0.6) is 11.5 Å². The van der Waals surface area contributed by atoms with Crippen LogP contribution in [0.15, 0.2) is 89.5 Å². The molecule has 0 radical (unpaired) electrons. The van der Waals surface area contributed by atoms with E-state index in [0.29, 0.717) is 54.9 Å². The van der Waals surface area contributed by atoms with E-state index in [1.165, 1.54) is 23.1 Å². The lowest BCUT2D eigenvalue weighted by Gasteiger charge is -2.27. The minimum absolute atomic E-state index is 0.185. The molecule has 0 saturated carbocycles. The first-order valence-corrected chi connectivity index (χ1v) is 16.5. The number of furan rings is 1. The van der Waals surface area contributed by atoms with Gasteiger partial charge in [-0.25, -0.2) is 14.8 Å². The molecule has 0 fully saturated rings. The zero-order chi connectivity index (χ0) is 30.8. The Kier molecular flexibility index (Phi) is 8.74. The summed E-state index contributed by atoms with van der Waals surface area (Å²) < 4.78 is 26.7. The van der Waals surface area contributed by atoms with Crippen molar-refractivity contribution in [1.82, 2.24) is 9.55 Å². The predicted octanol–water partition coefficient (Wildman–Crippen LogP) is 5.95. The number of thiazole rings is 2. The van der Waals surface area contributed by atoms with E-state index >= 15 is 0 Å². The van der Waals surface area contributed by atoms with Crippen LogP contribution in [0.4, 0.5) is 0 Å². The van der Waals surface area contributed by atoms with Gasteiger partial charge in [-0.1, -0.05) is 36.8 Å². The van der Waals surface area contributed by atoms with Gasteiger partial charge in [0, 0.05) is 11.6 Å². The monoisotopic (exact) mass is 647 g/mol. The first-order chi connectivity index (χ1) is 21.4. The molecule has 4 heterocycles. The number of hydrogen-bond acceptors (Lipinski definition) is 11. The average Bonchev–Trinajstić information content (AvgIpc) is 3.73. The number of hydrogen-bond donors (Lipinski definition) is 0. The van der Waals surface area contributed by atoms with Crippen molar-refractivity contribution < 1.29 is 23.4 Å². The molecule has 44 heavy (non-hydrogen) atoms. The summed E-state index contributed by atoms with van der Waals surface area (Å²) in [7, 11) is 3.12. The predicted molar refractivity (Wildman–Crippen MR) is 172 cm³/mol. The molecular weight excluding hydrogens is 619 g/mol. The van der Waals surface area contributed by atoms with Crippen molar-refractivity contribution >= 4 is 56.7 Å². The average molecular weight is 648 g/mol. The third kappa shape index (κ3) is 5.72. The normalized spacial score (nSPS) is 14.9. The van der Waals surface area contributed by atoms with Gasteiger partial charge >= 0.3 is 5.97 Å². The van der Waals surface area contributed by atoms with E-state index in [-0.39, 0.29) is 12.2 Å². The van der Waals surface area contributed by atoms with Gasteiger partial charge < -0.3 is 18.6 Å². The molecule has 0 amide bonds. The van der Waals surface area contributed by atoms with Crippen molar-refractivity contribution in [3.05, 3.63) is 96.9 Å². The zero-order valence-corrected chi connectivity index (χ0v) is 26.9. The summed E-state index contributed by atoms with van der Waals surface area (Å²) in [6, 6.07) is 16.2. The fourth-order valence-electron chi connectivity index (χ4n) is 5.05. The fourth-order valence-corrected chi connectivity index (χ4v) is 8.01. The Bertz CT molecular complexity index is 2040. The third-order valence-electron chi connectivity index (χ3n) is 6.96. The number of para-hydroxylation sites is 1. The van der Waals surface area contributed by atoms with Gasteiger partial charge in [0.25, 0.3) is 5.56 Å². The maximum absolute atomic E-state index is 14.1. The second-order valence-electron chi connectivity index (χ2n) is 9.73. The molecule has 0 saturated heterocycles. The standard InChI is InChI=1S/C32H29N3O6S3/c1-5-9-22-27(30(37)40-6-2)28(20-16-18(38-3)12-14-23(20)39-4)35-29(36)25(42-31(35)33-22)17-19-13-15-26(41-19)44-32-34-21-10-7-8-11-24(21)43-32/h7-8,10-17,28H,5-6,9H2,1-4H3/b25-17+/t28-/m0/s1. The summed E-state index contributed by atoms with van der Waals surface area (Å²) in [4.78, 5) is 37.6. The molecule has 12 heteroatoms. The molecule has 1 aliphatic heterocycles. The third-order valence-corrected chi connectivity index (χ3v) is 9.96. The number of esters is 1. The van der Waals surface area contributed by atoms with Crippen LogP contribution in [0.1, 0.15) is 44.1 Å². The van der Waals surface area contributed by atoms with Crippen LogP contribution in [-0.4, -0.2) is 36.3 Å². The van der Waals surface area contributed by atoms with Crippen molar-refractivity contribution in [2.24, 2.45) is 4.99 Å².